The molecule has 146 valence electrons. The molecule has 2 amide bonds. The molecule has 1 aromatic rings. The van der Waals surface area contributed by atoms with E-state index in [1.807, 2.05) is 0 Å². The van der Waals surface area contributed by atoms with Gasteiger partial charge in [0.2, 0.25) is 10.0 Å². The molecule has 0 aliphatic heterocycles. The number of carbonyl (C=O) groups is 2. The third kappa shape index (κ3) is 6.88. The lowest BCUT2D eigenvalue weighted by Gasteiger charge is -2.20. The van der Waals surface area contributed by atoms with Crippen LogP contribution in [0.25, 0.3) is 0 Å². The van der Waals surface area contributed by atoms with Crippen LogP contribution in [0.2, 0.25) is 0 Å². The van der Waals surface area contributed by atoms with Gasteiger partial charge >= 0.3 is 18.2 Å². The average Bonchev–Trinajstić information content (AvgIpc) is 2.52. The Morgan fingerprint density at radius 2 is 1.77 bits per heavy atom. The van der Waals surface area contributed by atoms with Crippen LogP contribution in [0.4, 0.5) is 23.7 Å². The molecule has 0 spiro atoms. The summed E-state index contributed by atoms with van der Waals surface area (Å²) in [4.78, 5) is 23.4. The number of halogens is 3. The van der Waals surface area contributed by atoms with Crippen LogP contribution in [0.5, 0.6) is 0 Å². The largest absolute Gasteiger partial charge is 0.481 e. The van der Waals surface area contributed by atoms with Crippen molar-refractivity contribution in [1.82, 2.24) is 9.62 Å². The summed E-state index contributed by atoms with van der Waals surface area (Å²) in [5.74, 6) is -1.84. The van der Waals surface area contributed by atoms with E-state index in [-0.39, 0.29) is 12.2 Å². The molecule has 1 rings (SSSR count). The Hall–Kier alpha value is -2.34. The van der Waals surface area contributed by atoms with E-state index in [0.29, 0.717) is 0 Å². The number of rotatable bonds is 7. The highest BCUT2D eigenvalue weighted by molar-refractivity contribution is 7.89. The van der Waals surface area contributed by atoms with Crippen molar-refractivity contribution in [2.45, 2.75) is 18.0 Å². The van der Waals surface area contributed by atoms with Crippen molar-refractivity contribution >= 4 is 27.7 Å². The molecule has 0 radical (unpaired) electrons. The lowest BCUT2D eigenvalue weighted by Crippen LogP contribution is -2.36. The third-order valence-electron chi connectivity index (χ3n) is 3.19. The fourth-order valence-electron chi connectivity index (χ4n) is 1.77. The van der Waals surface area contributed by atoms with Gasteiger partial charge in [-0.1, -0.05) is 6.92 Å². The van der Waals surface area contributed by atoms with E-state index in [9.17, 15) is 31.2 Å². The molecule has 1 atom stereocenters. The van der Waals surface area contributed by atoms with Crippen molar-refractivity contribution in [3.8, 4) is 0 Å². The molecule has 0 bridgehead atoms. The molecular weight excluding hydrogens is 379 g/mol. The molecule has 1 aromatic carbocycles. The summed E-state index contributed by atoms with van der Waals surface area (Å²) in [6.45, 7) is -0.310. The van der Waals surface area contributed by atoms with Crippen molar-refractivity contribution in [2.24, 2.45) is 5.92 Å². The van der Waals surface area contributed by atoms with Gasteiger partial charge in [0, 0.05) is 19.3 Å². The van der Waals surface area contributed by atoms with Gasteiger partial charge in [0.25, 0.3) is 0 Å². The molecule has 26 heavy (non-hydrogen) atoms. The van der Waals surface area contributed by atoms with E-state index in [2.05, 4.69) is 5.32 Å². The second kappa shape index (κ2) is 8.36. The van der Waals surface area contributed by atoms with Gasteiger partial charge in [-0.25, -0.2) is 17.9 Å². The Bertz CT molecular complexity index is 750. The number of anilines is 1. The predicted octanol–water partition coefficient (Wildman–Crippen LogP) is 1.71. The number of carboxylic acid groups (broad SMARTS) is 1. The highest BCUT2D eigenvalue weighted by Gasteiger charge is 2.30. The number of hydrogen-bond donors (Lipinski definition) is 3. The first-order chi connectivity index (χ1) is 11.8. The minimum absolute atomic E-state index is 0.0466. The smallest absolute Gasteiger partial charge is 0.402 e. The van der Waals surface area contributed by atoms with Crippen LogP contribution in [-0.4, -0.2) is 56.7 Å². The lowest BCUT2D eigenvalue weighted by molar-refractivity contribution is -0.141. The van der Waals surface area contributed by atoms with Crippen LogP contribution in [0, 0.1) is 5.92 Å². The van der Waals surface area contributed by atoms with E-state index in [1.165, 1.54) is 30.8 Å². The number of carbonyl (C=O) groups excluding carboxylic acids is 1. The number of sulfonamides is 1. The predicted molar refractivity (Wildman–Crippen MR) is 86.1 cm³/mol. The van der Waals surface area contributed by atoms with Crippen LogP contribution in [-0.2, 0) is 14.8 Å². The molecule has 12 heteroatoms. The molecule has 0 fully saturated rings. The number of aliphatic carboxylic acids is 1. The van der Waals surface area contributed by atoms with Gasteiger partial charge in [0.15, 0.2) is 0 Å². The first-order valence-corrected chi connectivity index (χ1v) is 8.71. The number of alkyl halides is 3. The Balaban J connectivity index is 2.72. The van der Waals surface area contributed by atoms with E-state index >= 15 is 0 Å². The fourth-order valence-corrected chi connectivity index (χ4v) is 2.78. The van der Waals surface area contributed by atoms with Crippen LogP contribution in [0.15, 0.2) is 29.2 Å². The van der Waals surface area contributed by atoms with Crippen LogP contribution < -0.4 is 10.0 Å². The maximum absolute atomic E-state index is 12.1. The lowest BCUT2D eigenvalue weighted by atomic mass is 10.2. The minimum atomic E-state index is -4.68. The van der Waals surface area contributed by atoms with Crippen molar-refractivity contribution < 1.29 is 36.3 Å². The molecule has 0 aliphatic rings. The van der Waals surface area contributed by atoms with Gasteiger partial charge in [-0.2, -0.15) is 13.2 Å². The topological polar surface area (TPSA) is 116 Å². The summed E-state index contributed by atoms with van der Waals surface area (Å²) in [6.07, 6.45) is -4.68. The normalized spacial score (nSPS) is 13.1. The monoisotopic (exact) mass is 397 g/mol. The first-order valence-electron chi connectivity index (χ1n) is 7.23. The molecule has 0 aliphatic carbocycles. The van der Waals surface area contributed by atoms with E-state index < -0.39 is 45.6 Å². The Labute approximate surface area is 148 Å². The van der Waals surface area contributed by atoms with Crippen molar-refractivity contribution in [1.29, 1.82) is 0 Å². The number of benzene rings is 1. The second-order valence-electron chi connectivity index (χ2n) is 5.51. The van der Waals surface area contributed by atoms with Crippen LogP contribution >= 0.6 is 0 Å². The molecular formula is C14H18F3N3O5S. The molecule has 0 saturated carbocycles. The summed E-state index contributed by atoms with van der Waals surface area (Å²) >= 11 is 0. The number of nitrogens with zero attached hydrogens (tertiary/aromatic N) is 1. The third-order valence-corrected chi connectivity index (χ3v) is 4.61. The number of nitrogens with one attached hydrogen (secondary N) is 2. The maximum atomic E-state index is 12.1. The zero-order valence-electron chi connectivity index (χ0n) is 13.9. The van der Waals surface area contributed by atoms with Gasteiger partial charge in [-0.15, -0.1) is 0 Å². The summed E-state index contributed by atoms with van der Waals surface area (Å²) in [5, 5.41) is 11.2. The van der Waals surface area contributed by atoms with Crippen molar-refractivity contribution in [2.75, 3.05) is 25.5 Å². The Kier molecular flexibility index (Phi) is 6.98. The number of urea groups is 1. The SMILES string of the molecule is CC(CN(C)C(=O)Nc1ccc(S(=O)(=O)NCC(F)(F)F)cc1)C(=O)O. The summed E-state index contributed by atoms with van der Waals surface area (Å²) in [7, 11) is -2.96. The van der Waals surface area contributed by atoms with Crippen LogP contribution in [0.3, 0.4) is 0 Å². The van der Waals surface area contributed by atoms with Crippen molar-refractivity contribution in [3.05, 3.63) is 24.3 Å². The maximum Gasteiger partial charge on any atom is 0.402 e. The van der Waals surface area contributed by atoms with Gasteiger partial charge in [0.05, 0.1) is 10.8 Å². The van der Waals surface area contributed by atoms with E-state index in [1.54, 1.807) is 0 Å². The summed E-state index contributed by atoms with van der Waals surface area (Å²) in [5.41, 5.74) is 0.194. The quantitative estimate of drug-likeness (QED) is 0.648. The Morgan fingerprint density at radius 3 is 2.23 bits per heavy atom. The number of carboxylic acids is 1. The summed E-state index contributed by atoms with van der Waals surface area (Å²) < 4.78 is 61.2. The molecule has 0 aromatic heterocycles. The standard InChI is InChI=1S/C14H18F3N3O5S/c1-9(12(21)22)7-20(2)13(23)19-10-3-5-11(6-4-10)26(24,25)18-8-14(15,16)17/h3-6,9,18H,7-8H2,1-2H3,(H,19,23)(H,21,22). The number of hydrogen-bond acceptors (Lipinski definition) is 4. The molecule has 3 N–H and O–H groups in total. The zero-order chi connectivity index (χ0) is 20.1. The van der Waals surface area contributed by atoms with E-state index in [0.717, 1.165) is 17.0 Å². The first kappa shape index (κ1) is 21.7. The molecule has 0 heterocycles. The zero-order valence-corrected chi connectivity index (χ0v) is 14.7. The van der Waals surface area contributed by atoms with Crippen LogP contribution in [0.1, 0.15) is 6.92 Å². The van der Waals surface area contributed by atoms with Gasteiger partial charge in [-0.05, 0) is 24.3 Å². The number of amides is 2. The molecule has 1 unspecified atom stereocenters. The van der Waals surface area contributed by atoms with E-state index in [4.69, 9.17) is 5.11 Å². The van der Waals surface area contributed by atoms with Gasteiger partial charge in [-0.3, -0.25) is 4.79 Å². The van der Waals surface area contributed by atoms with Gasteiger partial charge < -0.3 is 15.3 Å². The molecule has 0 saturated heterocycles. The van der Waals surface area contributed by atoms with Crippen molar-refractivity contribution in [3.63, 3.8) is 0 Å². The Morgan fingerprint density at radius 1 is 1.23 bits per heavy atom. The highest BCUT2D eigenvalue weighted by atomic mass is 32.2. The highest BCUT2D eigenvalue weighted by Crippen LogP contribution is 2.17. The second-order valence-corrected chi connectivity index (χ2v) is 7.28. The average molecular weight is 397 g/mol. The fraction of sp³-hybridized carbons (Fsp3) is 0.429. The minimum Gasteiger partial charge on any atom is -0.481 e. The molecule has 8 nitrogen and oxygen atoms in total. The van der Waals surface area contributed by atoms with Gasteiger partial charge in [0.1, 0.15) is 6.54 Å². The summed E-state index contributed by atoms with van der Waals surface area (Å²) in [6, 6.07) is 3.86.